The zero-order chi connectivity index (χ0) is 19.9. The van der Waals surface area contributed by atoms with E-state index in [0.29, 0.717) is 0 Å². The molecule has 4 nitrogen and oxygen atoms in total. The van der Waals surface area contributed by atoms with Gasteiger partial charge in [-0.15, -0.1) is 11.3 Å². The normalized spacial score (nSPS) is 13.3. The lowest BCUT2D eigenvalue weighted by Crippen LogP contribution is -2.42. The van der Waals surface area contributed by atoms with Gasteiger partial charge >= 0.3 is 0 Å². The molecule has 28 heavy (non-hydrogen) atoms. The van der Waals surface area contributed by atoms with Gasteiger partial charge in [0.05, 0.1) is 12.6 Å². The molecule has 3 rings (SSSR count). The topological polar surface area (TPSA) is 69.6 Å². The van der Waals surface area contributed by atoms with E-state index in [4.69, 9.17) is 0 Å². The van der Waals surface area contributed by atoms with Crippen molar-refractivity contribution in [2.75, 3.05) is 6.61 Å². The number of rotatable bonds is 8. The Morgan fingerprint density at radius 3 is 2.07 bits per heavy atom. The van der Waals surface area contributed by atoms with E-state index in [1.165, 1.54) is 11.3 Å². The Balaban J connectivity index is 1.74. The van der Waals surface area contributed by atoms with Gasteiger partial charge in [-0.2, -0.15) is 0 Å². The van der Waals surface area contributed by atoms with Gasteiger partial charge in [0.25, 0.3) is 0 Å². The average Bonchev–Trinajstić information content (AvgIpc) is 3.17. The Kier molecular flexibility index (Phi) is 6.98. The molecule has 0 aliphatic rings. The first kappa shape index (κ1) is 20.3. The van der Waals surface area contributed by atoms with E-state index in [1.807, 2.05) is 79.0 Å². The summed E-state index contributed by atoms with van der Waals surface area (Å²) in [5, 5.41) is 25.0. The minimum absolute atomic E-state index is 0.0946. The van der Waals surface area contributed by atoms with Crippen LogP contribution in [0.2, 0.25) is 0 Å². The first-order valence-electron chi connectivity index (χ1n) is 9.31. The van der Waals surface area contributed by atoms with Crippen molar-refractivity contribution in [1.29, 1.82) is 0 Å². The van der Waals surface area contributed by atoms with Gasteiger partial charge in [0, 0.05) is 17.2 Å². The van der Waals surface area contributed by atoms with Crippen LogP contribution in [0.15, 0.2) is 72.1 Å². The number of hydrogen-bond acceptors (Lipinski definition) is 4. The monoisotopic (exact) mass is 395 g/mol. The summed E-state index contributed by atoms with van der Waals surface area (Å²) in [6.45, 7) is 1.62. The second-order valence-corrected chi connectivity index (χ2v) is 7.85. The van der Waals surface area contributed by atoms with E-state index in [-0.39, 0.29) is 24.9 Å². The molecule has 0 radical (unpaired) electrons. The maximum Gasteiger partial charge on any atom is 0.221 e. The van der Waals surface area contributed by atoms with Crippen molar-refractivity contribution in [2.24, 2.45) is 0 Å². The molecule has 2 aromatic carbocycles. The molecule has 0 saturated heterocycles. The third-order valence-corrected chi connectivity index (χ3v) is 5.88. The Morgan fingerprint density at radius 2 is 1.61 bits per heavy atom. The van der Waals surface area contributed by atoms with Gasteiger partial charge in [0.1, 0.15) is 6.10 Å². The molecule has 1 heterocycles. The molecule has 3 N–H and O–H groups in total. The van der Waals surface area contributed by atoms with Gasteiger partial charge in [0.2, 0.25) is 5.91 Å². The zero-order valence-corrected chi connectivity index (χ0v) is 16.6. The van der Waals surface area contributed by atoms with E-state index in [1.54, 1.807) is 0 Å². The highest BCUT2D eigenvalue weighted by Crippen LogP contribution is 2.29. The highest BCUT2D eigenvalue weighted by Gasteiger charge is 2.25. The van der Waals surface area contributed by atoms with Crippen molar-refractivity contribution in [2.45, 2.75) is 31.4 Å². The third-order valence-electron chi connectivity index (χ3n) is 4.76. The van der Waals surface area contributed by atoms with Crippen LogP contribution >= 0.6 is 11.3 Å². The van der Waals surface area contributed by atoms with Crippen LogP contribution in [0.4, 0.5) is 0 Å². The molecule has 5 heteroatoms. The van der Waals surface area contributed by atoms with Gasteiger partial charge in [0.15, 0.2) is 0 Å². The van der Waals surface area contributed by atoms with Gasteiger partial charge < -0.3 is 15.5 Å². The zero-order valence-electron chi connectivity index (χ0n) is 15.8. The number of nitrogens with one attached hydrogen (secondary N) is 1. The van der Waals surface area contributed by atoms with Gasteiger partial charge in [-0.05, 0) is 35.1 Å². The number of carbonyl (C=O) groups excluding carboxylic acids is 1. The Hall–Kier alpha value is -2.47. The van der Waals surface area contributed by atoms with Crippen molar-refractivity contribution in [1.82, 2.24) is 5.32 Å². The second-order valence-electron chi connectivity index (χ2n) is 6.91. The molecule has 0 spiro atoms. The lowest BCUT2D eigenvalue weighted by Gasteiger charge is -2.23. The van der Waals surface area contributed by atoms with E-state index < -0.39 is 12.1 Å². The fraction of sp³-hybridized carbons (Fsp3) is 0.261. The van der Waals surface area contributed by atoms with Crippen LogP contribution in [-0.4, -0.2) is 28.8 Å². The van der Waals surface area contributed by atoms with Crippen LogP contribution in [-0.2, 0) is 4.79 Å². The third kappa shape index (κ3) is 5.07. The summed E-state index contributed by atoms with van der Waals surface area (Å²) in [6.07, 6.45) is -0.694. The molecule has 0 bridgehead atoms. The van der Waals surface area contributed by atoms with E-state index >= 15 is 0 Å². The lowest BCUT2D eigenvalue weighted by molar-refractivity contribution is -0.123. The summed E-state index contributed by atoms with van der Waals surface area (Å²) in [5.41, 5.74) is 3.16. The smallest absolute Gasteiger partial charge is 0.221 e. The Morgan fingerprint density at radius 1 is 1.04 bits per heavy atom. The second kappa shape index (κ2) is 9.64. The van der Waals surface area contributed by atoms with E-state index in [0.717, 1.165) is 21.6 Å². The van der Waals surface area contributed by atoms with Crippen molar-refractivity contribution in [3.63, 3.8) is 0 Å². The molecule has 2 atom stereocenters. The van der Waals surface area contributed by atoms with Gasteiger partial charge in [-0.1, -0.05) is 60.7 Å². The predicted molar refractivity (Wildman–Crippen MR) is 112 cm³/mol. The quantitative estimate of drug-likeness (QED) is 0.543. The average molecular weight is 396 g/mol. The SMILES string of the molecule is Cc1csc([C@H](O)[C@@H](CO)NC(=O)CC(c2ccccc2)c2ccccc2)c1. The number of aryl methyl sites for hydroxylation is 1. The van der Waals surface area contributed by atoms with Gasteiger partial charge in [-0.3, -0.25) is 4.79 Å². The summed E-state index contributed by atoms with van der Waals surface area (Å²) in [7, 11) is 0. The molecule has 1 aromatic heterocycles. The molecular weight excluding hydrogens is 370 g/mol. The van der Waals surface area contributed by atoms with Crippen molar-refractivity contribution < 1.29 is 15.0 Å². The highest BCUT2D eigenvalue weighted by atomic mass is 32.1. The van der Waals surface area contributed by atoms with Crippen LogP contribution in [0, 0.1) is 6.92 Å². The summed E-state index contributed by atoms with van der Waals surface area (Å²) in [4.78, 5) is 13.5. The molecular formula is C23H25NO3S. The number of amides is 1. The number of thiophene rings is 1. The Bertz CT molecular complexity index is 840. The number of hydrogen-bond donors (Lipinski definition) is 3. The fourth-order valence-electron chi connectivity index (χ4n) is 3.28. The maximum absolute atomic E-state index is 12.8. The van der Waals surface area contributed by atoms with Crippen molar-refractivity contribution in [3.05, 3.63) is 93.7 Å². The van der Waals surface area contributed by atoms with Crippen LogP contribution in [0.1, 0.15) is 40.0 Å². The molecule has 0 saturated carbocycles. The standard InChI is InChI=1S/C23H25NO3S/c1-16-12-21(28-15-16)23(27)20(14-25)24-22(26)13-19(17-8-4-2-5-9-17)18-10-6-3-7-11-18/h2-12,15,19-20,23,25,27H,13-14H2,1H3,(H,24,26)/t20-,23-/m1/s1. The summed E-state index contributed by atoms with van der Waals surface area (Å²) in [6, 6.07) is 20.9. The minimum atomic E-state index is -0.931. The van der Waals surface area contributed by atoms with Crippen LogP contribution in [0.3, 0.4) is 0 Å². The first-order chi connectivity index (χ1) is 13.6. The molecule has 0 aliphatic carbocycles. The fourth-order valence-corrected chi connectivity index (χ4v) is 4.23. The van der Waals surface area contributed by atoms with E-state index in [2.05, 4.69) is 5.32 Å². The maximum atomic E-state index is 12.8. The summed E-state index contributed by atoms with van der Waals surface area (Å²) >= 11 is 1.42. The minimum Gasteiger partial charge on any atom is -0.394 e. The number of benzene rings is 2. The molecule has 146 valence electrons. The van der Waals surface area contributed by atoms with E-state index in [9.17, 15) is 15.0 Å². The predicted octanol–water partition coefficient (Wildman–Crippen LogP) is 3.79. The summed E-state index contributed by atoms with van der Waals surface area (Å²) in [5.74, 6) is -0.299. The molecule has 3 aromatic rings. The van der Waals surface area contributed by atoms with Crippen LogP contribution in [0.5, 0.6) is 0 Å². The van der Waals surface area contributed by atoms with Gasteiger partial charge in [-0.25, -0.2) is 0 Å². The Labute approximate surface area is 169 Å². The molecule has 0 unspecified atom stereocenters. The lowest BCUT2D eigenvalue weighted by atomic mass is 9.88. The van der Waals surface area contributed by atoms with Crippen molar-refractivity contribution >= 4 is 17.2 Å². The largest absolute Gasteiger partial charge is 0.394 e. The first-order valence-corrected chi connectivity index (χ1v) is 10.2. The van der Waals surface area contributed by atoms with Crippen molar-refractivity contribution in [3.8, 4) is 0 Å². The number of aliphatic hydroxyl groups is 2. The summed E-state index contributed by atoms with van der Waals surface area (Å²) < 4.78 is 0. The molecule has 0 fully saturated rings. The van der Waals surface area contributed by atoms with Crippen LogP contribution < -0.4 is 5.32 Å². The number of carbonyl (C=O) groups is 1. The highest BCUT2D eigenvalue weighted by molar-refractivity contribution is 7.10. The number of aliphatic hydroxyl groups excluding tert-OH is 2. The van der Waals surface area contributed by atoms with Crippen LogP contribution in [0.25, 0.3) is 0 Å². The molecule has 1 amide bonds. The molecule has 0 aliphatic heterocycles.